The fourth-order valence-electron chi connectivity index (χ4n) is 4.47. The zero-order valence-corrected chi connectivity index (χ0v) is 22.0. The van der Waals surface area contributed by atoms with E-state index in [1.165, 1.54) is 12.1 Å². The van der Waals surface area contributed by atoms with Crippen LogP contribution < -0.4 is 10.1 Å². The summed E-state index contributed by atoms with van der Waals surface area (Å²) in [6.07, 6.45) is 5.90. The van der Waals surface area contributed by atoms with E-state index in [0.29, 0.717) is 31.9 Å². The van der Waals surface area contributed by atoms with Crippen molar-refractivity contribution in [3.05, 3.63) is 65.1 Å². The predicted octanol–water partition coefficient (Wildman–Crippen LogP) is 6.51. The van der Waals surface area contributed by atoms with Crippen molar-refractivity contribution in [1.82, 2.24) is 15.1 Å². The van der Waals surface area contributed by atoms with Crippen molar-refractivity contribution in [2.75, 3.05) is 27.4 Å². The highest BCUT2D eigenvalue weighted by atomic mass is 35.5. The highest BCUT2D eigenvalue weighted by Gasteiger charge is 2.17. The number of methoxy groups -OCH3 is 2. The number of Topliss-reactive ketones (excluding diaryl/α,β-unsaturated/α-hetero) is 1. The molecule has 0 bridgehead atoms. The SMILES string of the molecule is C=C(NCCOC)c1ccc2nn(CC(CCC)CCCC(=O)c3ccc(Cl)cc3F)cc2c1OC. The number of carbonyl (C=O) groups excluding carboxylic acids is 1. The number of benzene rings is 2. The summed E-state index contributed by atoms with van der Waals surface area (Å²) >= 11 is 5.80. The quantitative estimate of drug-likeness (QED) is 0.184. The Kier molecular flexibility index (Phi) is 10.3. The lowest BCUT2D eigenvalue weighted by Gasteiger charge is -2.16. The Hall–Kier alpha value is -2.90. The zero-order chi connectivity index (χ0) is 26.1. The van der Waals surface area contributed by atoms with Crippen LogP contribution in [-0.4, -0.2) is 42.9 Å². The van der Waals surface area contributed by atoms with Crippen LogP contribution in [0.4, 0.5) is 4.39 Å². The van der Waals surface area contributed by atoms with Gasteiger partial charge >= 0.3 is 0 Å². The number of hydrogen-bond donors (Lipinski definition) is 1. The predicted molar refractivity (Wildman–Crippen MR) is 143 cm³/mol. The first-order valence-electron chi connectivity index (χ1n) is 12.3. The molecule has 194 valence electrons. The second kappa shape index (κ2) is 13.4. The number of fused-ring (bicyclic) bond motifs is 1. The summed E-state index contributed by atoms with van der Waals surface area (Å²) in [5, 5.41) is 9.24. The van der Waals surface area contributed by atoms with Gasteiger partial charge in [0.2, 0.25) is 0 Å². The Balaban J connectivity index is 1.67. The van der Waals surface area contributed by atoms with Gasteiger partial charge < -0.3 is 14.8 Å². The summed E-state index contributed by atoms with van der Waals surface area (Å²) < 4.78 is 26.9. The van der Waals surface area contributed by atoms with E-state index < -0.39 is 5.82 Å². The molecule has 0 saturated heterocycles. The van der Waals surface area contributed by atoms with Crippen LogP contribution in [-0.2, 0) is 11.3 Å². The van der Waals surface area contributed by atoms with Crippen LogP contribution in [0.2, 0.25) is 5.02 Å². The number of hydrogen-bond acceptors (Lipinski definition) is 5. The number of ketones is 1. The second-order valence-electron chi connectivity index (χ2n) is 8.92. The summed E-state index contributed by atoms with van der Waals surface area (Å²) in [7, 11) is 3.31. The minimum absolute atomic E-state index is 0.103. The van der Waals surface area contributed by atoms with E-state index in [1.54, 1.807) is 20.3 Å². The molecule has 0 aliphatic carbocycles. The lowest BCUT2D eigenvalue weighted by molar-refractivity contribution is 0.0973. The third-order valence-corrected chi connectivity index (χ3v) is 6.49. The maximum Gasteiger partial charge on any atom is 0.165 e. The highest BCUT2D eigenvalue weighted by molar-refractivity contribution is 6.30. The molecule has 1 atom stereocenters. The van der Waals surface area contributed by atoms with Crippen LogP contribution in [0.3, 0.4) is 0 Å². The normalized spacial score (nSPS) is 12.0. The molecule has 0 fully saturated rings. The number of ether oxygens (including phenoxy) is 2. The molecule has 36 heavy (non-hydrogen) atoms. The molecule has 0 saturated carbocycles. The van der Waals surface area contributed by atoms with Crippen LogP contribution in [0, 0.1) is 11.7 Å². The second-order valence-corrected chi connectivity index (χ2v) is 9.36. The molecule has 1 N–H and O–H groups in total. The monoisotopic (exact) mass is 515 g/mol. The van der Waals surface area contributed by atoms with Crippen molar-refractivity contribution in [2.24, 2.45) is 5.92 Å². The lowest BCUT2D eigenvalue weighted by Crippen LogP contribution is -2.17. The van der Waals surface area contributed by atoms with Gasteiger partial charge in [-0.1, -0.05) is 31.5 Å². The van der Waals surface area contributed by atoms with E-state index in [4.69, 9.17) is 26.2 Å². The fraction of sp³-hybridized carbons (Fsp3) is 0.429. The maximum atomic E-state index is 14.1. The molecule has 2 aromatic carbocycles. The summed E-state index contributed by atoms with van der Waals surface area (Å²) in [5.41, 5.74) is 2.61. The Morgan fingerprint density at radius 3 is 2.69 bits per heavy atom. The standard InChI is InChI=1S/C28H35ClFN3O3/c1-5-7-20(8-6-9-27(34)23-11-10-21(29)16-25(23)30)17-33-18-24-26(32-33)13-12-22(28(24)36-4)19(2)31-14-15-35-3/h10-13,16,18,20,31H,2,5-9,14-15,17H2,1,3-4H3. The Labute approximate surface area is 217 Å². The molecule has 0 aliphatic heterocycles. The van der Waals surface area contributed by atoms with Crippen LogP contribution in [0.1, 0.15) is 54.9 Å². The van der Waals surface area contributed by atoms with E-state index in [2.05, 4.69) is 18.8 Å². The fourth-order valence-corrected chi connectivity index (χ4v) is 4.63. The molecule has 0 radical (unpaired) electrons. The molecule has 1 unspecified atom stereocenters. The number of aromatic nitrogens is 2. The minimum atomic E-state index is -0.564. The van der Waals surface area contributed by atoms with E-state index >= 15 is 0 Å². The smallest absolute Gasteiger partial charge is 0.165 e. The number of carbonyl (C=O) groups is 1. The maximum absolute atomic E-state index is 14.1. The molecule has 0 amide bonds. The Morgan fingerprint density at radius 1 is 1.22 bits per heavy atom. The van der Waals surface area contributed by atoms with Crippen molar-refractivity contribution in [3.63, 3.8) is 0 Å². The topological polar surface area (TPSA) is 65.4 Å². The lowest BCUT2D eigenvalue weighted by atomic mass is 9.95. The first-order chi connectivity index (χ1) is 17.4. The van der Waals surface area contributed by atoms with Gasteiger partial charge in [0.05, 0.1) is 30.2 Å². The third kappa shape index (κ3) is 7.08. The Morgan fingerprint density at radius 2 is 2.00 bits per heavy atom. The molecule has 1 aromatic heterocycles. The summed E-state index contributed by atoms with van der Waals surface area (Å²) in [5.74, 6) is 0.325. The van der Waals surface area contributed by atoms with Gasteiger partial charge in [0.15, 0.2) is 5.78 Å². The molecule has 8 heteroatoms. The van der Waals surface area contributed by atoms with E-state index in [9.17, 15) is 9.18 Å². The van der Waals surface area contributed by atoms with Crippen LogP contribution in [0.5, 0.6) is 5.75 Å². The summed E-state index contributed by atoms with van der Waals surface area (Å²) in [6, 6.07) is 8.13. The number of halogens is 2. The van der Waals surface area contributed by atoms with Gasteiger partial charge in [0, 0.05) is 49.1 Å². The largest absolute Gasteiger partial charge is 0.495 e. The van der Waals surface area contributed by atoms with Crippen molar-refractivity contribution >= 4 is 34.0 Å². The third-order valence-electron chi connectivity index (χ3n) is 6.25. The molecule has 6 nitrogen and oxygen atoms in total. The zero-order valence-electron chi connectivity index (χ0n) is 21.3. The molecule has 0 spiro atoms. The van der Waals surface area contributed by atoms with Gasteiger partial charge in [-0.25, -0.2) is 4.39 Å². The minimum Gasteiger partial charge on any atom is -0.495 e. The first kappa shape index (κ1) is 27.7. The van der Waals surface area contributed by atoms with Gasteiger partial charge in [-0.2, -0.15) is 5.10 Å². The molecule has 0 aliphatic rings. The highest BCUT2D eigenvalue weighted by Crippen LogP contribution is 2.33. The number of nitrogens with zero attached hydrogens (tertiary/aromatic N) is 2. The van der Waals surface area contributed by atoms with Gasteiger partial charge in [0.25, 0.3) is 0 Å². The van der Waals surface area contributed by atoms with Gasteiger partial charge in [0.1, 0.15) is 11.6 Å². The van der Waals surface area contributed by atoms with Gasteiger partial charge in [-0.15, -0.1) is 0 Å². The van der Waals surface area contributed by atoms with Crippen molar-refractivity contribution in [2.45, 2.75) is 45.6 Å². The first-order valence-corrected chi connectivity index (χ1v) is 12.7. The Bertz CT molecular complexity index is 1190. The number of rotatable bonds is 15. The number of nitrogens with one attached hydrogen (secondary N) is 1. The van der Waals surface area contributed by atoms with Crippen molar-refractivity contribution in [1.29, 1.82) is 0 Å². The van der Waals surface area contributed by atoms with Crippen LogP contribution >= 0.6 is 11.6 Å². The average molecular weight is 516 g/mol. The molecule has 1 heterocycles. The van der Waals surface area contributed by atoms with E-state index in [1.807, 2.05) is 23.0 Å². The van der Waals surface area contributed by atoms with Crippen molar-refractivity contribution < 1.29 is 18.7 Å². The summed E-state index contributed by atoms with van der Waals surface area (Å²) in [6.45, 7) is 8.26. The molecule has 3 aromatic rings. The van der Waals surface area contributed by atoms with E-state index in [0.717, 1.165) is 53.7 Å². The van der Waals surface area contributed by atoms with Crippen LogP contribution in [0.25, 0.3) is 16.6 Å². The van der Waals surface area contributed by atoms with Crippen LogP contribution in [0.15, 0.2) is 43.1 Å². The van der Waals surface area contributed by atoms with Gasteiger partial charge in [-0.3, -0.25) is 9.48 Å². The molecule has 3 rings (SSSR count). The summed E-state index contributed by atoms with van der Waals surface area (Å²) in [4.78, 5) is 12.5. The van der Waals surface area contributed by atoms with Crippen molar-refractivity contribution in [3.8, 4) is 5.75 Å². The van der Waals surface area contributed by atoms with E-state index in [-0.39, 0.29) is 16.4 Å². The average Bonchev–Trinajstić information content (AvgIpc) is 3.26. The molecular weight excluding hydrogens is 481 g/mol. The van der Waals surface area contributed by atoms with Gasteiger partial charge in [-0.05, 0) is 55.5 Å². The molecular formula is C28H35ClFN3O3.